The zero-order valence-corrected chi connectivity index (χ0v) is 7.18. The van der Waals surface area contributed by atoms with Crippen LogP contribution < -0.4 is 5.73 Å². The molecule has 1 atom stereocenters. The number of primary amides is 1. The Labute approximate surface area is 51.6 Å². The van der Waals surface area contributed by atoms with Crippen LogP contribution in [0.2, 0.25) is 0 Å². The number of rotatable bonds is 2. The molecule has 0 fully saturated rings. The molecule has 0 aromatic rings. The van der Waals surface area contributed by atoms with Crippen LogP contribution in [0.15, 0.2) is 0 Å². The Morgan fingerprint density at radius 3 is 2.62 bits per heavy atom. The van der Waals surface area contributed by atoms with Gasteiger partial charge in [0.2, 0.25) is 0 Å². The van der Waals surface area contributed by atoms with Gasteiger partial charge in [0.15, 0.2) is 0 Å². The van der Waals surface area contributed by atoms with Crippen LogP contribution in [0.3, 0.4) is 0 Å². The van der Waals surface area contributed by atoms with Gasteiger partial charge in [-0.2, -0.15) is 0 Å². The van der Waals surface area contributed by atoms with Crippen LogP contribution in [0.5, 0.6) is 0 Å². The van der Waals surface area contributed by atoms with E-state index in [9.17, 15) is 4.79 Å². The number of carbonyl (C=O) groups is 1. The van der Waals surface area contributed by atoms with Gasteiger partial charge in [-0.1, -0.05) is 6.92 Å². The summed E-state index contributed by atoms with van der Waals surface area (Å²) in [6.45, 7) is 1.96. The molecule has 4 heteroatoms. The fourth-order valence-corrected chi connectivity index (χ4v) is 0.514. The molecule has 0 aliphatic rings. The molecule has 0 rings (SSSR count). The number of hydrogen-bond acceptors (Lipinski definition) is 2. The van der Waals surface area contributed by atoms with Crippen molar-refractivity contribution in [2.24, 2.45) is 5.73 Å². The summed E-state index contributed by atoms with van der Waals surface area (Å²) in [5.74, 6) is 0. The summed E-state index contributed by atoms with van der Waals surface area (Å²) < 4.78 is 4.60. The van der Waals surface area contributed by atoms with Crippen molar-refractivity contribution in [2.45, 2.75) is 19.1 Å². The highest BCUT2D eigenvalue weighted by molar-refractivity contribution is 6.11. The van der Waals surface area contributed by atoms with E-state index in [1.807, 2.05) is 6.92 Å². The van der Waals surface area contributed by atoms with Crippen LogP contribution in [0.25, 0.3) is 0 Å². The molecule has 0 heterocycles. The van der Waals surface area contributed by atoms with Gasteiger partial charge in [-0.15, -0.1) is 0 Å². The lowest BCUT2D eigenvalue weighted by atomic mass is 10.5. The van der Waals surface area contributed by atoms with Crippen LogP contribution in [-0.4, -0.2) is 22.1 Å². The van der Waals surface area contributed by atoms with E-state index in [-0.39, 0.29) is 5.73 Å². The molecule has 3 nitrogen and oxygen atoms in total. The predicted molar refractivity (Wildman–Crippen MR) is 34.7 cm³/mol. The highest BCUT2D eigenvalue weighted by atomic mass is 28.1. The van der Waals surface area contributed by atoms with Gasteiger partial charge in [0, 0.05) is 0 Å². The van der Waals surface area contributed by atoms with Crippen molar-refractivity contribution in [1.82, 2.24) is 0 Å². The molecule has 0 spiro atoms. The molecule has 0 aromatic carbocycles. The van der Waals surface area contributed by atoms with Crippen molar-refractivity contribution in [2.75, 3.05) is 0 Å². The minimum atomic E-state index is -0.660. The second-order valence-corrected chi connectivity index (χ2v) is 2.94. The van der Waals surface area contributed by atoms with Gasteiger partial charge in [-0.05, 0) is 6.42 Å². The Morgan fingerprint density at radius 2 is 2.50 bits per heavy atom. The first kappa shape index (κ1) is 7.49. The smallest absolute Gasteiger partial charge is 0.404 e. The maximum Gasteiger partial charge on any atom is 0.404 e. The summed E-state index contributed by atoms with van der Waals surface area (Å²) in [6.07, 6.45) is 0.210. The summed E-state index contributed by atoms with van der Waals surface area (Å²) in [7, 11) is 0.865. The van der Waals surface area contributed by atoms with Gasteiger partial charge in [-0.25, -0.2) is 4.79 Å². The van der Waals surface area contributed by atoms with Gasteiger partial charge >= 0.3 is 6.09 Å². The summed E-state index contributed by atoms with van der Waals surface area (Å²) >= 11 is 0. The molecule has 0 aromatic heterocycles. The van der Waals surface area contributed by atoms with Crippen LogP contribution in [0, 0.1) is 0 Å². The average molecular weight is 133 g/mol. The number of amides is 1. The van der Waals surface area contributed by atoms with Crippen molar-refractivity contribution in [3.63, 3.8) is 0 Å². The fraction of sp³-hybridized carbons (Fsp3) is 0.750. The van der Waals surface area contributed by atoms with Gasteiger partial charge in [0.1, 0.15) is 0 Å². The van der Waals surface area contributed by atoms with Crippen molar-refractivity contribution >= 4 is 16.3 Å². The molecule has 0 radical (unpaired) electrons. The van der Waals surface area contributed by atoms with Crippen LogP contribution in [0.4, 0.5) is 4.79 Å². The minimum absolute atomic E-state index is 0.0903. The highest BCUT2D eigenvalue weighted by Crippen LogP contribution is 1.89. The standard InChI is InChI=1S/C4H11NO2Si/c1-2-3(8)7-4(5)6/h3H,2H2,1,8H3,(H2,5,6). The molecule has 0 saturated carbocycles. The van der Waals surface area contributed by atoms with Crippen molar-refractivity contribution < 1.29 is 9.53 Å². The van der Waals surface area contributed by atoms with Gasteiger partial charge < -0.3 is 10.5 Å². The maximum absolute atomic E-state index is 9.99. The van der Waals surface area contributed by atoms with E-state index in [1.165, 1.54) is 0 Å². The number of nitrogens with two attached hydrogens (primary N) is 1. The predicted octanol–water partition coefficient (Wildman–Crippen LogP) is -0.817. The summed E-state index contributed by atoms with van der Waals surface area (Å²) in [4.78, 5) is 9.99. The van der Waals surface area contributed by atoms with Crippen molar-refractivity contribution in [3.05, 3.63) is 0 Å². The molecular weight excluding hydrogens is 122 g/mol. The maximum atomic E-state index is 9.99. The first-order valence-corrected chi connectivity index (χ1v) is 3.78. The van der Waals surface area contributed by atoms with Gasteiger partial charge in [0.25, 0.3) is 0 Å². The van der Waals surface area contributed by atoms with E-state index in [2.05, 4.69) is 4.74 Å². The SMILES string of the molecule is CCC([SiH3])OC(N)=O. The van der Waals surface area contributed by atoms with E-state index in [0.29, 0.717) is 0 Å². The number of ether oxygens (including phenoxy) is 1. The van der Waals surface area contributed by atoms with Crippen molar-refractivity contribution in [1.29, 1.82) is 0 Å². The van der Waals surface area contributed by atoms with Crippen molar-refractivity contribution in [3.8, 4) is 0 Å². The molecule has 1 unspecified atom stereocenters. The zero-order chi connectivity index (χ0) is 6.57. The van der Waals surface area contributed by atoms with E-state index >= 15 is 0 Å². The molecule has 0 bridgehead atoms. The largest absolute Gasteiger partial charge is 0.451 e. The lowest BCUT2D eigenvalue weighted by Crippen LogP contribution is -2.21. The third-order valence-corrected chi connectivity index (χ3v) is 1.94. The summed E-state index contributed by atoms with van der Waals surface area (Å²) in [6, 6.07) is 0. The normalized spacial score (nSPS) is 13.1. The lowest BCUT2D eigenvalue weighted by Gasteiger charge is -2.06. The number of hydrogen-bond donors (Lipinski definition) is 1. The Kier molecular flexibility index (Phi) is 3.26. The molecule has 1 amide bonds. The Morgan fingerprint density at radius 1 is 2.00 bits per heavy atom. The third kappa shape index (κ3) is 3.67. The molecular formula is C4H11NO2Si. The molecule has 0 saturated heterocycles. The van der Waals surface area contributed by atoms with Crippen LogP contribution in [0.1, 0.15) is 13.3 Å². The fourth-order valence-electron chi connectivity index (χ4n) is 0.282. The topological polar surface area (TPSA) is 52.3 Å². The zero-order valence-electron chi connectivity index (χ0n) is 5.18. The van der Waals surface area contributed by atoms with E-state index < -0.39 is 6.09 Å². The Bertz CT molecular complexity index is 86.1. The Balaban J connectivity index is 3.24. The van der Waals surface area contributed by atoms with Crippen LogP contribution in [-0.2, 0) is 4.74 Å². The van der Waals surface area contributed by atoms with E-state index in [0.717, 1.165) is 16.7 Å². The second kappa shape index (κ2) is 3.48. The molecule has 48 valence electrons. The quantitative estimate of drug-likeness (QED) is 0.500. The highest BCUT2D eigenvalue weighted by Gasteiger charge is 1.99. The van der Waals surface area contributed by atoms with E-state index in [1.54, 1.807) is 0 Å². The molecule has 0 aliphatic heterocycles. The van der Waals surface area contributed by atoms with Gasteiger partial charge in [0.05, 0.1) is 16.0 Å². The number of carbonyl (C=O) groups excluding carboxylic acids is 1. The monoisotopic (exact) mass is 133 g/mol. The molecule has 0 aliphatic carbocycles. The van der Waals surface area contributed by atoms with E-state index in [4.69, 9.17) is 5.73 Å². The second-order valence-electron chi connectivity index (χ2n) is 1.66. The summed E-state index contributed by atoms with van der Waals surface area (Å²) in [5, 5.41) is 0. The summed E-state index contributed by atoms with van der Waals surface area (Å²) in [5.41, 5.74) is 4.82. The first-order valence-electron chi connectivity index (χ1n) is 2.63. The molecule has 2 N–H and O–H groups in total. The minimum Gasteiger partial charge on any atom is -0.451 e. The average Bonchev–Trinajstić information content (AvgIpc) is 1.65. The third-order valence-electron chi connectivity index (χ3n) is 0.892. The van der Waals surface area contributed by atoms with Gasteiger partial charge in [-0.3, -0.25) is 0 Å². The molecule has 8 heavy (non-hydrogen) atoms. The lowest BCUT2D eigenvalue weighted by molar-refractivity contribution is 0.141. The van der Waals surface area contributed by atoms with Crippen LogP contribution >= 0.6 is 0 Å². The first-order chi connectivity index (χ1) is 3.66. The Hall–Kier alpha value is -0.513.